The maximum absolute atomic E-state index is 12.9. The predicted octanol–water partition coefficient (Wildman–Crippen LogP) is 3.17. The van der Waals surface area contributed by atoms with Crippen LogP contribution in [-0.4, -0.2) is 34.7 Å². The van der Waals surface area contributed by atoms with Gasteiger partial charge in [0.1, 0.15) is 6.17 Å². The molecule has 2 N–H and O–H groups in total. The number of nitrogens with zero attached hydrogens (tertiary/aromatic N) is 1. The third-order valence-electron chi connectivity index (χ3n) is 7.22. The van der Waals surface area contributed by atoms with Gasteiger partial charge in [-0.1, -0.05) is 42.5 Å². The average molecular weight is 427 g/mol. The number of hydrogen-bond acceptors (Lipinski definition) is 4. The molecule has 7 heteroatoms. The van der Waals surface area contributed by atoms with E-state index in [1.54, 1.807) is 25.1 Å². The number of allylic oxidation sites excluding steroid dienone is 2. The quantitative estimate of drug-likeness (QED) is 0.496. The van der Waals surface area contributed by atoms with Gasteiger partial charge in [-0.2, -0.15) is 0 Å². The van der Waals surface area contributed by atoms with Gasteiger partial charge in [0.05, 0.1) is 11.8 Å². The Morgan fingerprint density at radius 2 is 1.53 bits per heavy atom. The SMILES string of the molecule is CC(NC(=O)Nc1ccc2c(c1)C(=O)c1ccccc1-2)N1C(=O)C2C3C=CC(C3)C2C1=O. The number of hydrogen-bond donors (Lipinski definition) is 2. The summed E-state index contributed by atoms with van der Waals surface area (Å²) in [7, 11) is 0. The Kier molecular flexibility index (Phi) is 3.93. The number of imide groups is 1. The lowest BCUT2D eigenvalue weighted by atomic mass is 9.85. The Labute approximate surface area is 184 Å². The van der Waals surface area contributed by atoms with Crippen LogP contribution in [0.2, 0.25) is 0 Å². The van der Waals surface area contributed by atoms with Crippen LogP contribution < -0.4 is 10.6 Å². The Balaban J connectivity index is 1.16. The molecule has 5 unspecified atom stereocenters. The zero-order valence-corrected chi connectivity index (χ0v) is 17.4. The Hall–Kier alpha value is -3.74. The molecular weight excluding hydrogens is 406 g/mol. The Morgan fingerprint density at radius 1 is 0.906 bits per heavy atom. The number of ketones is 1. The largest absolute Gasteiger partial charge is 0.320 e. The summed E-state index contributed by atoms with van der Waals surface area (Å²) in [6.45, 7) is 1.63. The van der Waals surface area contributed by atoms with Gasteiger partial charge in [0.2, 0.25) is 11.8 Å². The molecule has 7 nitrogen and oxygen atoms in total. The molecule has 0 spiro atoms. The van der Waals surface area contributed by atoms with E-state index in [0.717, 1.165) is 17.5 Å². The van der Waals surface area contributed by atoms with E-state index < -0.39 is 12.2 Å². The summed E-state index contributed by atoms with van der Waals surface area (Å²) in [5.41, 5.74) is 3.38. The van der Waals surface area contributed by atoms with Crippen molar-refractivity contribution in [2.75, 3.05) is 5.32 Å². The summed E-state index contributed by atoms with van der Waals surface area (Å²) in [4.78, 5) is 52.3. The summed E-state index contributed by atoms with van der Waals surface area (Å²) in [6.07, 6.45) is 4.18. The molecule has 0 radical (unpaired) electrons. The number of fused-ring (bicyclic) bond motifs is 8. The Morgan fingerprint density at radius 3 is 2.22 bits per heavy atom. The number of rotatable bonds is 3. The van der Waals surface area contributed by atoms with Crippen LogP contribution in [0.1, 0.15) is 29.3 Å². The lowest BCUT2D eigenvalue weighted by molar-refractivity contribution is -0.143. The van der Waals surface area contributed by atoms with Crippen LogP contribution in [0.4, 0.5) is 10.5 Å². The van der Waals surface area contributed by atoms with Crippen LogP contribution in [-0.2, 0) is 9.59 Å². The van der Waals surface area contributed by atoms with Crippen LogP contribution in [0.3, 0.4) is 0 Å². The Bertz CT molecular complexity index is 1220. The van der Waals surface area contributed by atoms with Crippen LogP contribution >= 0.6 is 0 Å². The van der Waals surface area contributed by atoms with Gasteiger partial charge in [-0.15, -0.1) is 0 Å². The summed E-state index contributed by atoms with van der Waals surface area (Å²) in [5, 5.41) is 5.41. The molecule has 2 bridgehead atoms. The third kappa shape index (κ3) is 2.54. The highest BCUT2D eigenvalue weighted by molar-refractivity contribution is 6.22. The molecule has 160 valence electrons. The van der Waals surface area contributed by atoms with E-state index in [9.17, 15) is 19.2 Å². The molecule has 1 heterocycles. The predicted molar refractivity (Wildman–Crippen MR) is 116 cm³/mol. The number of carbonyl (C=O) groups is 4. The van der Waals surface area contributed by atoms with Gasteiger partial charge in [0.25, 0.3) is 0 Å². The highest BCUT2D eigenvalue weighted by atomic mass is 16.2. The van der Waals surface area contributed by atoms with Gasteiger partial charge in [0.15, 0.2) is 5.78 Å². The van der Waals surface area contributed by atoms with Crippen LogP contribution in [0.5, 0.6) is 0 Å². The van der Waals surface area contributed by atoms with Crippen molar-refractivity contribution >= 4 is 29.3 Å². The fraction of sp³-hybridized carbons (Fsp3) is 0.280. The molecular formula is C25H21N3O4. The van der Waals surface area contributed by atoms with E-state index in [0.29, 0.717) is 16.8 Å². The standard InChI is InChI=1S/C25H21N3O4/c1-12(28-23(30)20-13-6-7-14(10-13)21(20)24(28)31)26-25(32)27-15-8-9-17-16-4-2-3-5-18(16)22(29)19(17)11-15/h2-9,11-14,20-21H,10H2,1H3,(H2,26,27,32). The van der Waals surface area contributed by atoms with Crippen molar-refractivity contribution in [1.29, 1.82) is 0 Å². The first-order chi connectivity index (χ1) is 15.4. The number of likely N-dealkylation sites (tertiary alicyclic amines) is 1. The van der Waals surface area contributed by atoms with Crippen molar-refractivity contribution in [3.05, 3.63) is 65.7 Å². The lowest BCUT2D eigenvalue weighted by Crippen LogP contribution is -2.51. The number of anilines is 1. The normalized spacial score (nSPS) is 27.4. The van der Waals surface area contributed by atoms with E-state index in [1.165, 1.54) is 4.90 Å². The molecule has 1 aliphatic heterocycles. The van der Waals surface area contributed by atoms with E-state index in [2.05, 4.69) is 10.6 Å². The molecule has 4 aliphatic rings. The van der Waals surface area contributed by atoms with Crippen molar-refractivity contribution in [3.63, 3.8) is 0 Å². The van der Waals surface area contributed by atoms with E-state index in [4.69, 9.17) is 0 Å². The minimum absolute atomic E-state index is 0.0731. The topological polar surface area (TPSA) is 95.6 Å². The first-order valence-electron chi connectivity index (χ1n) is 10.8. The number of urea groups is 1. The average Bonchev–Trinajstić information content (AvgIpc) is 3.51. The minimum Gasteiger partial charge on any atom is -0.317 e. The number of amides is 4. The van der Waals surface area contributed by atoms with Gasteiger partial charge in [-0.05, 0) is 48.4 Å². The van der Waals surface area contributed by atoms with Gasteiger partial charge in [-0.3, -0.25) is 19.3 Å². The van der Waals surface area contributed by atoms with E-state index in [-0.39, 0.29) is 41.3 Å². The van der Waals surface area contributed by atoms with Gasteiger partial charge in [0, 0.05) is 16.8 Å². The third-order valence-corrected chi connectivity index (χ3v) is 7.22. The summed E-state index contributed by atoms with van der Waals surface area (Å²) >= 11 is 0. The first kappa shape index (κ1) is 19.0. The van der Waals surface area contributed by atoms with Crippen LogP contribution in [0, 0.1) is 23.7 Å². The minimum atomic E-state index is -0.764. The fourth-order valence-electron chi connectivity index (χ4n) is 5.83. The van der Waals surface area contributed by atoms with Crippen molar-refractivity contribution in [3.8, 4) is 11.1 Å². The zero-order chi connectivity index (χ0) is 22.1. The molecule has 2 aromatic rings. The highest BCUT2D eigenvalue weighted by Crippen LogP contribution is 2.52. The molecule has 1 saturated heterocycles. The van der Waals surface area contributed by atoms with Crippen molar-refractivity contribution in [1.82, 2.24) is 10.2 Å². The summed E-state index contributed by atoms with van der Waals surface area (Å²) < 4.78 is 0. The van der Waals surface area contributed by atoms with E-state index in [1.807, 2.05) is 36.4 Å². The van der Waals surface area contributed by atoms with E-state index >= 15 is 0 Å². The maximum atomic E-state index is 12.9. The molecule has 3 aliphatic carbocycles. The number of carbonyl (C=O) groups excluding carboxylic acids is 4. The van der Waals surface area contributed by atoms with Crippen molar-refractivity contribution in [2.45, 2.75) is 19.5 Å². The van der Waals surface area contributed by atoms with Crippen molar-refractivity contribution < 1.29 is 19.2 Å². The summed E-state index contributed by atoms with van der Waals surface area (Å²) in [6, 6.07) is 12.1. The van der Waals surface area contributed by atoms with Crippen molar-refractivity contribution in [2.24, 2.45) is 23.7 Å². The molecule has 2 aromatic carbocycles. The zero-order valence-electron chi connectivity index (χ0n) is 17.4. The van der Waals surface area contributed by atoms with Crippen LogP contribution in [0.25, 0.3) is 11.1 Å². The number of benzene rings is 2. The highest BCUT2D eigenvalue weighted by Gasteiger charge is 2.60. The second-order valence-corrected chi connectivity index (χ2v) is 8.96. The lowest BCUT2D eigenvalue weighted by Gasteiger charge is -2.25. The van der Waals surface area contributed by atoms with Crippen LogP contribution in [0.15, 0.2) is 54.6 Å². The second-order valence-electron chi connectivity index (χ2n) is 8.96. The molecule has 5 atom stereocenters. The molecule has 4 amide bonds. The van der Waals surface area contributed by atoms with Gasteiger partial charge in [-0.25, -0.2) is 4.79 Å². The fourth-order valence-corrected chi connectivity index (χ4v) is 5.83. The molecule has 1 saturated carbocycles. The molecule has 32 heavy (non-hydrogen) atoms. The summed E-state index contributed by atoms with van der Waals surface area (Å²) in [5.74, 6) is -0.823. The molecule has 0 aromatic heterocycles. The monoisotopic (exact) mass is 427 g/mol. The van der Waals surface area contributed by atoms with Gasteiger partial charge < -0.3 is 10.6 Å². The molecule has 6 rings (SSSR count). The number of nitrogens with one attached hydrogen (secondary N) is 2. The maximum Gasteiger partial charge on any atom is 0.320 e. The smallest absolute Gasteiger partial charge is 0.317 e. The second kappa shape index (κ2) is 6.63. The first-order valence-corrected chi connectivity index (χ1v) is 10.8. The molecule has 2 fully saturated rings. The van der Waals surface area contributed by atoms with Gasteiger partial charge >= 0.3 is 6.03 Å².